The highest BCUT2D eigenvalue weighted by Gasteiger charge is 2.21. The van der Waals surface area contributed by atoms with E-state index in [1.165, 1.54) is 31.9 Å². The number of carbonyl (C=O) groups excluding carboxylic acids is 1. The Morgan fingerprint density at radius 3 is 3.10 bits per heavy atom. The number of esters is 1. The van der Waals surface area contributed by atoms with Gasteiger partial charge in [0.05, 0.1) is 12.7 Å². The summed E-state index contributed by atoms with van der Waals surface area (Å²) >= 11 is 0. The number of benzene rings is 1. The van der Waals surface area contributed by atoms with Gasteiger partial charge in [-0.2, -0.15) is 0 Å². The van der Waals surface area contributed by atoms with Crippen molar-refractivity contribution in [3.63, 3.8) is 0 Å². The first-order chi connectivity index (χ1) is 10.2. The number of methoxy groups -OCH3 is 1. The van der Waals surface area contributed by atoms with Gasteiger partial charge in [0.2, 0.25) is 0 Å². The average Bonchev–Trinajstić information content (AvgIpc) is 2.53. The lowest BCUT2D eigenvalue weighted by Crippen LogP contribution is -2.50. The number of rotatable bonds is 6. The molecular formula is C17H26N2O2. The number of hydrogen-bond acceptors (Lipinski definition) is 4. The zero-order valence-electron chi connectivity index (χ0n) is 13.1. The van der Waals surface area contributed by atoms with E-state index in [0.717, 1.165) is 26.2 Å². The fraction of sp³-hybridized carbons (Fsp3) is 0.588. The van der Waals surface area contributed by atoms with Crippen LogP contribution in [0.5, 0.6) is 0 Å². The van der Waals surface area contributed by atoms with E-state index in [1.54, 1.807) is 0 Å². The van der Waals surface area contributed by atoms with Crippen molar-refractivity contribution in [2.75, 3.05) is 26.7 Å². The van der Waals surface area contributed by atoms with Gasteiger partial charge in [-0.15, -0.1) is 0 Å². The van der Waals surface area contributed by atoms with Crippen LogP contribution in [0.3, 0.4) is 0 Å². The highest BCUT2D eigenvalue weighted by molar-refractivity contribution is 5.89. The van der Waals surface area contributed by atoms with Crippen LogP contribution in [0.4, 0.5) is 0 Å². The minimum Gasteiger partial charge on any atom is -0.465 e. The summed E-state index contributed by atoms with van der Waals surface area (Å²) < 4.78 is 4.79. The van der Waals surface area contributed by atoms with Crippen LogP contribution in [-0.2, 0) is 11.3 Å². The lowest BCUT2D eigenvalue weighted by Gasteiger charge is -2.36. The highest BCUT2D eigenvalue weighted by Crippen LogP contribution is 2.16. The Labute approximate surface area is 127 Å². The van der Waals surface area contributed by atoms with Gasteiger partial charge in [-0.1, -0.05) is 31.9 Å². The Kier molecular flexibility index (Phi) is 6.21. The SMILES string of the molecule is CCCCC1CNCCN1Cc1cccc(C(=O)OC)c1. The highest BCUT2D eigenvalue weighted by atomic mass is 16.5. The minimum absolute atomic E-state index is 0.264. The van der Waals surface area contributed by atoms with Gasteiger partial charge in [0, 0.05) is 32.2 Å². The third kappa shape index (κ3) is 4.55. The predicted molar refractivity (Wildman–Crippen MR) is 84.4 cm³/mol. The Bertz CT molecular complexity index is 462. The summed E-state index contributed by atoms with van der Waals surface area (Å²) in [7, 11) is 1.42. The minimum atomic E-state index is -0.264. The number of hydrogen-bond donors (Lipinski definition) is 1. The molecule has 1 atom stereocenters. The van der Waals surface area contributed by atoms with Crippen LogP contribution in [0.25, 0.3) is 0 Å². The van der Waals surface area contributed by atoms with E-state index in [-0.39, 0.29) is 5.97 Å². The molecule has 2 rings (SSSR count). The average molecular weight is 290 g/mol. The molecule has 1 aromatic carbocycles. The summed E-state index contributed by atoms with van der Waals surface area (Å²) in [5.41, 5.74) is 1.82. The van der Waals surface area contributed by atoms with E-state index in [0.29, 0.717) is 11.6 Å². The van der Waals surface area contributed by atoms with Crippen LogP contribution in [0.2, 0.25) is 0 Å². The first kappa shape index (κ1) is 16.0. The predicted octanol–water partition coefficient (Wildman–Crippen LogP) is 2.44. The molecule has 1 aliphatic heterocycles. The molecule has 4 nitrogen and oxygen atoms in total. The molecule has 0 aliphatic carbocycles. The van der Waals surface area contributed by atoms with E-state index >= 15 is 0 Å². The molecule has 1 heterocycles. The summed E-state index contributed by atoms with van der Waals surface area (Å²) in [5, 5.41) is 3.48. The number of nitrogens with one attached hydrogen (secondary N) is 1. The van der Waals surface area contributed by atoms with Gasteiger partial charge in [0.15, 0.2) is 0 Å². The van der Waals surface area contributed by atoms with Crippen LogP contribution in [-0.4, -0.2) is 43.7 Å². The van der Waals surface area contributed by atoms with Crippen molar-refractivity contribution in [2.24, 2.45) is 0 Å². The van der Waals surface area contributed by atoms with Gasteiger partial charge in [0.1, 0.15) is 0 Å². The van der Waals surface area contributed by atoms with Gasteiger partial charge in [-0.3, -0.25) is 4.90 Å². The van der Waals surface area contributed by atoms with E-state index < -0.39 is 0 Å². The Hall–Kier alpha value is -1.39. The van der Waals surface area contributed by atoms with Crippen molar-refractivity contribution in [2.45, 2.75) is 38.8 Å². The molecule has 1 aromatic rings. The Balaban J connectivity index is 2.03. The molecule has 0 spiro atoms. The van der Waals surface area contributed by atoms with Crippen molar-refractivity contribution in [3.05, 3.63) is 35.4 Å². The third-order valence-corrected chi connectivity index (χ3v) is 4.10. The molecular weight excluding hydrogens is 264 g/mol. The van der Waals surface area contributed by atoms with Crippen LogP contribution >= 0.6 is 0 Å². The smallest absolute Gasteiger partial charge is 0.337 e. The van der Waals surface area contributed by atoms with E-state index in [9.17, 15) is 4.79 Å². The molecule has 116 valence electrons. The molecule has 1 aliphatic rings. The maximum absolute atomic E-state index is 11.6. The lowest BCUT2D eigenvalue weighted by molar-refractivity contribution is 0.0600. The number of ether oxygens (including phenoxy) is 1. The number of unbranched alkanes of at least 4 members (excludes halogenated alkanes) is 1. The van der Waals surface area contributed by atoms with Gasteiger partial charge in [0.25, 0.3) is 0 Å². The van der Waals surface area contributed by atoms with Crippen molar-refractivity contribution < 1.29 is 9.53 Å². The molecule has 1 fully saturated rings. The van der Waals surface area contributed by atoms with Crippen LogP contribution in [0.1, 0.15) is 42.1 Å². The van der Waals surface area contributed by atoms with Crippen molar-refractivity contribution in [1.29, 1.82) is 0 Å². The molecule has 0 radical (unpaired) electrons. The van der Waals surface area contributed by atoms with Gasteiger partial charge < -0.3 is 10.1 Å². The van der Waals surface area contributed by atoms with Crippen LogP contribution in [0.15, 0.2) is 24.3 Å². The monoisotopic (exact) mass is 290 g/mol. The van der Waals surface area contributed by atoms with Crippen molar-refractivity contribution >= 4 is 5.97 Å². The number of nitrogens with zero attached hydrogens (tertiary/aromatic N) is 1. The zero-order valence-corrected chi connectivity index (χ0v) is 13.1. The molecule has 1 N–H and O–H groups in total. The largest absolute Gasteiger partial charge is 0.465 e. The summed E-state index contributed by atoms with van der Waals surface area (Å²) in [6, 6.07) is 8.38. The Morgan fingerprint density at radius 2 is 2.33 bits per heavy atom. The normalized spacial score (nSPS) is 19.4. The fourth-order valence-electron chi connectivity index (χ4n) is 2.88. The Morgan fingerprint density at radius 1 is 1.48 bits per heavy atom. The fourth-order valence-corrected chi connectivity index (χ4v) is 2.88. The molecule has 4 heteroatoms. The molecule has 0 aromatic heterocycles. The first-order valence-electron chi connectivity index (χ1n) is 7.86. The van der Waals surface area contributed by atoms with E-state index in [1.807, 2.05) is 18.2 Å². The van der Waals surface area contributed by atoms with E-state index in [2.05, 4.69) is 23.2 Å². The lowest BCUT2D eigenvalue weighted by atomic mass is 10.0. The topological polar surface area (TPSA) is 41.6 Å². The zero-order chi connectivity index (χ0) is 15.1. The standard InChI is InChI=1S/C17H26N2O2/c1-3-4-8-16-12-18-9-10-19(16)13-14-6-5-7-15(11-14)17(20)21-2/h5-7,11,16,18H,3-4,8-10,12-13H2,1-2H3. The second-order valence-corrected chi connectivity index (χ2v) is 5.66. The van der Waals surface area contributed by atoms with Gasteiger partial charge in [-0.25, -0.2) is 4.79 Å². The summed E-state index contributed by atoms with van der Waals surface area (Å²) in [4.78, 5) is 14.1. The van der Waals surface area contributed by atoms with Gasteiger partial charge >= 0.3 is 5.97 Å². The summed E-state index contributed by atoms with van der Waals surface area (Å²) in [5.74, 6) is -0.264. The molecule has 0 amide bonds. The molecule has 21 heavy (non-hydrogen) atoms. The number of piperazine rings is 1. The maximum Gasteiger partial charge on any atom is 0.337 e. The molecule has 1 saturated heterocycles. The molecule has 1 unspecified atom stereocenters. The second-order valence-electron chi connectivity index (χ2n) is 5.66. The van der Waals surface area contributed by atoms with E-state index in [4.69, 9.17) is 4.74 Å². The third-order valence-electron chi connectivity index (χ3n) is 4.10. The summed E-state index contributed by atoms with van der Waals surface area (Å²) in [6.07, 6.45) is 3.74. The van der Waals surface area contributed by atoms with Crippen molar-refractivity contribution in [1.82, 2.24) is 10.2 Å². The van der Waals surface area contributed by atoms with Gasteiger partial charge in [-0.05, 0) is 24.1 Å². The quantitative estimate of drug-likeness (QED) is 0.817. The summed E-state index contributed by atoms with van der Waals surface area (Å²) in [6.45, 7) is 6.31. The maximum atomic E-state index is 11.6. The second kappa shape index (κ2) is 8.15. The van der Waals surface area contributed by atoms with Crippen LogP contribution < -0.4 is 5.32 Å². The number of carbonyl (C=O) groups is 1. The first-order valence-corrected chi connectivity index (χ1v) is 7.86. The van der Waals surface area contributed by atoms with Crippen molar-refractivity contribution in [3.8, 4) is 0 Å². The molecule has 0 bridgehead atoms. The molecule has 0 saturated carbocycles. The van der Waals surface area contributed by atoms with Crippen LogP contribution in [0, 0.1) is 0 Å².